The molecule has 21 heterocycles. The molecule has 21 heteroatoms. The highest BCUT2D eigenvalue weighted by molar-refractivity contribution is 7.34. The number of rotatable bonds is 20. The van der Waals surface area contributed by atoms with Crippen LogP contribution in [0.25, 0.3) is 199 Å². The molecule has 0 radical (unpaired) electrons. The van der Waals surface area contributed by atoms with Crippen LogP contribution in [0.4, 0.5) is 0 Å². The standard InChI is InChI=1S/C84H44S21/c1-9-57(85-31-1)73-39-45(79(100-73)67-13-5-35-89-67)51-19-25-65(95-51)77-43-49(83(104-77)71-29-21-55(97-71)47-41-75(59-11-3-33-87-59)102-81(47)69-15-7-37-91-69)53-17-23-61(93-53)63-27-28-64(99-63)62-24-18-54(94-62)50-44-78(66-26-20-52(96-66)46-40-74(58-10-2-32-86-58)101-80(46)68-14-6-36-90-68)105-84(50)72-30-22-56(98-72)48-42-76(60-12-4-34-88-60)103-82(48)70-16-8-38-92-70/h1-44H. The van der Waals surface area contributed by atoms with Gasteiger partial charge in [-0.15, -0.1) is 238 Å². The molecule has 0 aromatic carbocycles. The maximum atomic E-state index is 2.50. The van der Waals surface area contributed by atoms with Gasteiger partial charge >= 0.3 is 0 Å². The Morgan fingerprint density at radius 2 is 0.267 bits per heavy atom. The molecule has 0 bridgehead atoms. The molecule has 0 unspecified atom stereocenters. The Labute approximate surface area is 689 Å². The summed E-state index contributed by atoms with van der Waals surface area (Å²) in [7, 11) is 0. The van der Waals surface area contributed by atoms with Crippen molar-refractivity contribution in [2.45, 2.75) is 0 Å². The van der Waals surface area contributed by atoms with Crippen LogP contribution in [-0.2, 0) is 0 Å². The minimum Gasteiger partial charge on any atom is -0.143 e. The first kappa shape index (κ1) is 66.9. The van der Waals surface area contributed by atoms with E-state index in [9.17, 15) is 0 Å². The molecular formula is C84H44S21. The fourth-order valence-corrected chi connectivity index (χ4v) is 34.8. The molecule has 0 nitrogen and oxygen atoms in total. The summed E-state index contributed by atoms with van der Waals surface area (Å²) in [5.41, 5.74) is 7.89. The van der Waals surface area contributed by atoms with E-state index in [4.69, 9.17) is 0 Å². The van der Waals surface area contributed by atoms with Crippen molar-refractivity contribution in [3.63, 3.8) is 0 Å². The second kappa shape index (κ2) is 28.6. The van der Waals surface area contributed by atoms with Crippen LogP contribution in [0.2, 0.25) is 0 Å². The highest BCUT2D eigenvalue weighted by Crippen LogP contribution is 2.59. The largest absolute Gasteiger partial charge is 0.143 e. The van der Waals surface area contributed by atoms with Crippen LogP contribution in [0.5, 0.6) is 0 Å². The van der Waals surface area contributed by atoms with Gasteiger partial charge in [0, 0.05) is 170 Å². The van der Waals surface area contributed by atoms with Crippen molar-refractivity contribution in [1.29, 1.82) is 0 Å². The van der Waals surface area contributed by atoms with Crippen molar-refractivity contribution < 1.29 is 0 Å². The van der Waals surface area contributed by atoms with E-state index in [-0.39, 0.29) is 0 Å². The molecule has 21 rings (SSSR count). The molecule has 21 aromatic rings. The van der Waals surface area contributed by atoms with Gasteiger partial charge in [0.1, 0.15) is 0 Å². The zero-order chi connectivity index (χ0) is 69.1. The summed E-state index contributed by atoms with van der Waals surface area (Å²) in [5, 5.41) is 17.6. The van der Waals surface area contributed by atoms with E-state index in [0.29, 0.717) is 0 Å². The quantitative estimate of drug-likeness (QED) is 0.0713. The van der Waals surface area contributed by atoms with Crippen molar-refractivity contribution >= 4 is 238 Å². The predicted molar refractivity (Wildman–Crippen MR) is 491 cm³/mol. The molecule has 0 saturated carbocycles. The van der Waals surface area contributed by atoms with Crippen LogP contribution < -0.4 is 0 Å². The van der Waals surface area contributed by atoms with Gasteiger partial charge in [-0.3, -0.25) is 0 Å². The monoisotopic (exact) mass is 1720 g/mol. The summed E-state index contributed by atoms with van der Waals surface area (Å²) < 4.78 is 0. The summed E-state index contributed by atoms with van der Waals surface area (Å²) >= 11 is 39.6. The highest BCUT2D eigenvalue weighted by Gasteiger charge is 2.27. The molecule has 0 spiro atoms. The molecule has 105 heavy (non-hydrogen) atoms. The molecule has 0 saturated heterocycles. The molecule has 0 N–H and O–H groups in total. The second-order valence-corrected chi connectivity index (χ2v) is 45.6. The lowest BCUT2D eigenvalue weighted by molar-refractivity contribution is 1.83. The lowest BCUT2D eigenvalue weighted by Gasteiger charge is -2.00. The van der Waals surface area contributed by atoms with E-state index in [1.54, 1.807) is 0 Å². The van der Waals surface area contributed by atoms with E-state index < -0.39 is 0 Å². The molecule has 21 aromatic heterocycles. The molecule has 0 aliphatic carbocycles. The Balaban J connectivity index is 0.630. The Bertz CT molecular complexity index is 6110. The third-order valence-corrected chi connectivity index (χ3v) is 41.9. The first-order valence-electron chi connectivity index (χ1n) is 32.8. The van der Waals surface area contributed by atoms with Crippen molar-refractivity contribution in [1.82, 2.24) is 0 Å². The molecule has 0 aliphatic heterocycles. The zero-order valence-corrected chi connectivity index (χ0v) is 71.1. The van der Waals surface area contributed by atoms with Gasteiger partial charge in [0.15, 0.2) is 0 Å². The van der Waals surface area contributed by atoms with Crippen LogP contribution >= 0.6 is 238 Å². The zero-order valence-electron chi connectivity index (χ0n) is 54.0. The van der Waals surface area contributed by atoms with Gasteiger partial charge in [-0.2, -0.15) is 0 Å². The Morgan fingerprint density at radius 3 is 0.476 bits per heavy atom. The first-order valence-corrected chi connectivity index (χ1v) is 50.5. The van der Waals surface area contributed by atoms with Crippen LogP contribution in [-0.4, -0.2) is 0 Å². The van der Waals surface area contributed by atoms with E-state index in [1.807, 2.05) is 238 Å². The normalized spacial score (nSPS) is 11.8. The minimum atomic E-state index is 1.29. The topological polar surface area (TPSA) is 0 Å². The van der Waals surface area contributed by atoms with Gasteiger partial charge in [-0.1, -0.05) is 48.5 Å². The van der Waals surface area contributed by atoms with E-state index in [1.165, 1.54) is 199 Å². The van der Waals surface area contributed by atoms with Gasteiger partial charge < -0.3 is 0 Å². The predicted octanol–water partition coefficient (Wildman–Crippen LogP) is 36.3. The molecule has 0 fully saturated rings. The van der Waals surface area contributed by atoms with Crippen LogP contribution in [0.1, 0.15) is 0 Å². The summed E-state index contributed by atoms with van der Waals surface area (Å²) in [4.78, 5) is 44.7. The van der Waals surface area contributed by atoms with E-state index in [0.717, 1.165) is 0 Å². The summed E-state index contributed by atoms with van der Waals surface area (Å²) in [6, 6.07) is 83.5. The smallest absolute Gasteiger partial charge is 0.0536 e. The molecule has 0 atom stereocenters. The third kappa shape index (κ3) is 12.8. The van der Waals surface area contributed by atoms with E-state index >= 15 is 0 Å². The SMILES string of the molecule is c1csc(-c2cc(-c3ccc(-c4cc(-c5ccc(-c6ccc(-c7ccc(-c8cc(-c9ccc(-c%10cc(-c%11cccs%11)sc%10-c%10cccs%10)s9)sc8-c8ccc(-c9cc(-c%10cccs%10)sc9-c9cccs9)s8)s7)s6)s5)c(-c5ccc(-c6cc(-c7cccs7)sc6-c6cccs6)s5)s4)s3)c(-c3cccs3)s2)c1. The molecule has 506 valence electrons. The summed E-state index contributed by atoms with van der Waals surface area (Å²) in [6.07, 6.45) is 0. The Kier molecular flexibility index (Phi) is 18.2. The Hall–Kier alpha value is -6.30. The molecular weight excluding hydrogens is 1680 g/mol. The van der Waals surface area contributed by atoms with Gasteiger partial charge in [0.25, 0.3) is 0 Å². The average Bonchev–Trinajstić information content (AvgIpc) is 1.62. The third-order valence-electron chi connectivity index (χ3n) is 17.7. The van der Waals surface area contributed by atoms with Crippen LogP contribution in [0.3, 0.4) is 0 Å². The maximum Gasteiger partial charge on any atom is 0.0536 e. The van der Waals surface area contributed by atoms with Gasteiger partial charge in [0.05, 0.1) is 29.3 Å². The first-order chi connectivity index (χ1) is 51.9. The van der Waals surface area contributed by atoms with Crippen LogP contribution in [0, 0.1) is 0 Å². The van der Waals surface area contributed by atoms with Gasteiger partial charge in [-0.25, -0.2) is 0 Å². The Morgan fingerprint density at radius 1 is 0.114 bits per heavy atom. The number of hydrogen-bond acceptors (Lipinski definition) is 21. The minimum absolute atomic E-state index is 1.29. The lowest BCUT2D eigenvalue weighted by Crippen LogP contribution is -1.71. The lowest BCUT2D eigenvalue weighted by atomic mass is 10.1. The van der Waals surface area contributed by atoms with Gasteiger partial charge in [0.2, 0.25) is 0 Å². The highest BCUT2D eigenvalue weighted by atomic mass is 32.2. The second-order valence-electron chi connectivity index (χ2n) is 24.1. The molecule has 0 amide bonds. The fraction of sp³-hybridized carbons (Fsp3) is 0. The number of thiophene rings is 21. The average molecular weight is 1730 g/mol. The van der Waals surface area contributed by atoms with Crippen molar-refractivity contribution in [3.8, 4) is 199 Å². The summed E-state index contributed by atoms with van der Waals surface area (Å²) in [6.45, 7) is 0. The van der Waals surface area contributed by atoms with Crippen molar-refractivity contribution in [2.24, 2.45) is 0 Å². The maximum absolute atomic E-state index is 2.50. The van der Waals surface area contributed by atoms with Crippen molar-refractivity contribution in [3.05, 3.63) is 261 Å². The van der Waals surface area contributed by atoms with E-state index in [2.05, 4.69) is 261 Å². The number of hydrogen-bond donors (Lipinski definition) is 0. The fourth-order valence-electron chi connectivity index (χ4n) is 12.8. The molecule has 0 aliphatic rings. The van der Waals surface area contributed by atoms with Gasteiger partial charge in [-0.05, 0) is 213 Å². The van der Waals surface area contributed by atoms with Crippen molar-refractivity contribution in [2.75, 3.05) is 0 Å². The summed E-state index contributed by atoms with van der Waals surface area (Å²) in [5.74, 6) is 0. The van der Waals surface area contributed by atoms with Crippen LogP contribution in [0.15, 0.2) is 261 Å².